The lowest BCUT2D eigenvalue weighted by molar-refractivity contribution is -0.119. The molecule has 24 heavy (non-hydrogen) atoms. The third-order valence-electron chi connectivity index (χ3n) is 3.14. The van der Waals surface area contributed by atoms with Crippen molar-refractivity contribution in [3.05, 3.63) is 60.2 Å². The maximum absolute atomic E-state index is 12.2. The first-order valence-corrected chi connectivity index (χ1v) is 8.06. The molecule has 2 aromatic rings. The van der Waals surface area contributed by atoms with Crippen molar-refractivity contribution in [2.45, 2.75) is 19.8 Å². The number of carbonyl (C=O) groups excluding carboxylic acids is 2. The normalized spacial score (nSPS) is 9.88. The van der Waals surface area contributed by atoms with Crippen molar-refractivity contribution < 1.29 is 9.59 Å². The van der Waals surface area contributed by atoms with Gasteiger partial charge in [-0.2, -0.15) is 0 Å². The second-order valence-corrected chi connectivity index (χ2v) is 5.56. The van der Waals surface area contributed by atoms with Gasteiger partial charge >= 0.3 is 0 Å². The van der Waals surface area contributed by atoms with Crippen LogP contribution in [0.2, 0.25) is 0 Å². The molecule has 0 radical (unpaired) electrons. The summed E-state index contributed by atoms with van der Waals surface area (Å²) in [5.74, 6) is -0.310. The summed E-state index contributed by atoms with van der Waals surface area (Å²) in [7, 11) is 0. The summed E-state index contributed by atoms with van der Waals surface area (Å²) in [5.41, 5.74) is 1.90. The number of hydrogen-bond donors (Lipinski definition) is 3. The molecule has 2 amide bonds. The van der Waals surface area contributed by atoms with Crippen LogP contribution in [0.15, 0.2) is 54.6 Å². The lowest BCUT2D eigenvalue weighted by Gasteiger charge is -2.11. The number of thiocarbonyl (C=S) groups is 1. The maximum Gasteiger partial charge on any atom is 0.255 e. The zero-order valence-corrected chi connectivity index (χ0v) is 14.2. The third kappa shape index (κ3) is 5.48. The summed E-state index contributed by atoms with van der Waals surface area (Å²) in [4.78, 5) is 23.7. The maximum atomic E-state index is 12.2. The molecule has 0 aliphatic rings. The minimum atomic E-state index is -0.188. The van der Waals surface area contributed by atoms with Gasteiger partial charge in [-0.05, 0) is 49.0 Å². The first-order valence-electron chi connectivity index (χ1n) is 7.66. The van der Waals surface area contributed by atoms with E-state index >= 15 is 0 Å². The number of nitrogens with one attached hydrogen (secondary N) is 3. The van der Waals surface area contributed by atoms with Gasteiger partial charge in [0, 0.05) is 23.4 Å². The van der Waals surface area contributed by atoms with E-state index in [1.165, 1.54) is 0 Å². The van der Waals surface area contributed by atoms with E-state index in [1.54, 1.807) is 36.4 Å². The molecule has 0 bridgehead atoms. The van der Waals surface area contributed by atoms with Crippen molar-refractivity contribution in [3.63, 3.8) is 0 Å². The fourth-order valence-corrected chi connectivity index (χ4v) is 2.28. The lowest BCUT2D eigenvalue weighted by Crippen LogP contribution is -2.33. The molecule has 6 heteroatoms. The van der Waals surface area contributed by atoms with Gasteiger partial charge in [0.05, 0.1) is 0 Å². The van der Waals surface area contributed by atoms with Crippen LogP contribution in [0.5, 0.6) is 0 Å². The van der Waals surface area contributed by atoms with E-state index in [-0.39, 0.29) is 16.9 Å². The predicted octanol–water partition coefficient (Wildman–Crippen LogP) is 3.55. The van der Waals surface area contributed by atoms with E-state index in [1.807, 2.05) is 25.1 Å². The Morgan fingerprint density at radius 3 is 2.29 bits per heavy atom. The van der Waals surface area contributed by atoms with Crippen molar-refractivity contribution >= 4 is 40.5 Å². The van der Waals surface area contributed by atoms with Crippen LogP contribution in [0.1, 0.15) is 30.1 Å². The number of rotatable bonds is 5. The van der Waals surface area contributed by atoms with Gasteiger partial charge in [-0.1, -0.05) is 31.2 Å². The summed E-state index contributed by atoms with van der Waals surface area (Å²) in [5, 5.41) is 8.60. The van der Waals surface area contributed by atoms with E-state index in [9.17, 15) is 9.59 Å². The molecule has 0 unspecified atom stereocenters. The highest BCUT2D eigenvalue weighted by atomic mass is 32.1. The first kappa shape index (κ1) is 17.6. The summed E-state index contributed by atoms with van der Waals surface area (Å²) in [6, 6.07) is 16.1. The third-order valence-corrected chi connectivity index (χ3v) is 3.35. The highest BCUT2D eigenvalue weighted by Crippen LogP contribution is 2.16. The van der Waals surface area contributed by atoms with Gasteiger partial charge in [-0.15, -0.1) is 0 Å². The monoisotopic (exact) mass is 341 g/mol. The first-order chi connectivity index (χ1) is 11.6. The molecule has 5 nitrogen and oxygen atoms in total. The molecular weight excluding hydrogens is 322 g/mol. The smallest absolute Gasteiger partial charge is 0.255 e. The van der Waals surface area contributed by atoms with Crippen molar-refractivity contribution in [2.24, 2.45) is 0 Å². The number of carbonyl (C=O) groups is 2. The molecule has 0 saturated heterocycles. The molecule has 0 fully saturated rings. The fourth-order valence-electron chi connectivity index (χ4n) is 2.05. The summed E-state index contributed by atoms with van der Waals surface area (Å²) in [6.45, 7) is 1.93. The molecule has 0 spiro atoms. The quantitative estimate of drug-likeness (QED) is 0.728. The average Bonchev–Trinajstić information content (AvgIpc) is 2.56. The largest absolute Gasteiger partial charge is 0.332 e. The van der Waals surface area contributed by atoms with Crippen LogP contribution in [0.25, 0.3) is 0 Å². The number of amides is 2. The van der Waals surface area contributed by atoms with Crippen LogP contribution in [0.3, 0.4) is 0 Å². The minimum Gasteiger partial charge on any atom is -0.332 e. The molecule has 2 rings (SSSR count). The van der Waals surface area contributed by atoms with Crippen LogP contribution in [0.4, 0.5) is 11.4 Å². The van der Waals surface area contributed by atoms with Crippen molar-refractivity contribution in [1.29, 1.82) is 0 Å². The highest BCUT2D eigenvalue weighted by molar-refractivity contribution is 7.80. The van der Waals surface area contributed by atoms with E-state index in [0.29, 0.717) is 23.4 Å². The van der Waals surface area contributed by atoms with E-state index in [2.05, 4.69) is 16.0 Å². The zero-order chi connectivity index (χ0) is 17.4. The zero-order valence-electron chi connectivity index (χ0n) is 13.3. The summed E-state index contributed by atoms with van der Waals surface area (Å²) < 4.78 is 0. The molecule has 124 valence electrons. The second-order valence-electron chi connectivity index (χ2n) is 5.15. The molecular formula is C18H19N3O2S. The Balaban J connectivity index is 1.97. The molecule has 0 saturated carbocycles. The average molecular weight is 341 g/mol. The molecule has 0 heterocycles. The van der Waals surface area contributed by atoms with Gasteiger partial charge < -0.3 is 16.0 Å². The highest BCUT2D eigenvalue weighted by Gasteiger charge is 2.07. The van der Waals surface area contributed by atoms with Gasteiger partial charge in [0.25, 0.3) is 5.91 Å². The Kier molecular flexibility index (Phi) is 6.45. The van der Waals surface area contributed by atoms with Crippen LogP contribution >= 0.6 is 12.2 Å². The lowest BCUT2D eigenvalue weighted by atomic mass is 10.2. The van der Waals surface area contributed by atoms with Gasteiger partial charge in [-0.25, -0.2) is 0 Å². The van der Waals surface area contributed by atoms with Crippen LogP contribution in [0, 0.1) is 0 Å². The second kappa shape index (κ2) is 8.79. The predicted molar refractivity (Wildman–Crippen MR) is 100 cm³/mol. The Labute approximate surface area is 146 Å². The number of anilines is 2. The Hall–Kier alpha value is -2.73. The number of hydrogen-bond acceptors (Lipinski definition) is 3. The van der Waals surface area contributed by atoms with Crippen molar-refractivity contribution in [2.75, 3.05) is 10.6 Å². The van der Waals surface area contributed by atoms with Crippen LogP contribution in [-0.2, 0) is 4.79 Å². The minimum absolute atomic E-state index is 0.122. The van der Waals surface area contributed by atoms with Gasteiger partial charge in [-0.3, -0.25) is 9.59 Å². The summed E-state index contributed by atoms with van der Waals surface area (Å²) in [6.07, 6.45) is 1.18. The van der Waals surface area contributed by atoms with E-state index in [0.717, 1.165) is 6.42 Å². The molecule has 2 aromatic carbocycles. The van der Waals surface area contributed by atoms with E-state index < -0.39 is 0 Å². The summed E-state index contributed by atoms with van der Waals surface area (Å²) >= 11 is 5.10. The topological polar surface area (TPSA) is 70.2 Å². The van der Waals surface area contributed by atoms with E-state index in [4.69, 9.17) is 12.2 Å². The van der Waals surface area contributed by atoms with Crippen LogP contribution in [-0.4, -0.2) is 16.9 Å². The fraction of sp³-hybridized carbons (Fsp3) is 0.167. The molecule has 3 N–H and O–H groups in total. The van der Waals surface area contributed by atoms with Crippen molar-refractivity contribution in [3.8, 4) is 0 Å². The molecule has 0 aliphatic carbocycles. The number of benzene rings is 2. The molecule has 0 atom stereocenters. The SMILES string of the molecule is CCCC(=O)NC(=S)Nc1cccc(NC(=O)c2ccccc2)c1. The standard InChI is InChI=1S/C18H19N3O2S/c1-2-7-16(22)21-18(24)20-15-11-6-10-14(12-15)19-17(23)13-8-4-3-5-9-13/h3-6,8-12H,2,7H2,1H3,(H,19,23)(H2,20,21,22,24). The van der Waals surface area contributed by atoms with Gasteiger partial charge in [0.1, 0.15) is 0 Å². The Morgan fingerprint density at radius 2 is 1.62 bits per heavy atom. The Bertz CT molecular complexity index is 732. The van der Waals surface area contributed by atoms with Gasteiger partial charge in [0.15, 0.2) is 5.11 Å². The van der Waals surface area contributed by atoms with Crippen LogP contribution < -0.4 is 16.0 Å². The van der Waals surface area contributed by atoms with Crippen molar-refractivity contribution in [1.82, 2.24) is 5.32 Å². The molecule has 0 aliphatic heterocycles. The molecule has 0 aromatic heterocycles. The Morgan fingerprint density at radius 1 is 0.958 bits per heavy atom. The van der Waals surface area contributed by atoms with Gasteiger partial charge in [0.2, 0.25) is 5.91 Å².